The third-order valence-electron chi connectivity index (χ3n) is 3.62. The maximum Gasteiger partial charge on any atom is 0.0948 e. The molecule has 1 aromatic rings. The Hall–Kier alpha value is -0.870. The first-order chi connectivity index (χ1) is 7.91. The summed E-state index contributed by atoms with van der Waals surface area (Å²) >= 11 is 0. The summed E-state index contributed by atoms with van der Waals surface area (Å²) < 4.78 is 7.63. The van der Waals surface area contributed by atoms with Crippen LogP contribution < -0.4 is 5.73 Å². The van der Waals surface area contributed by atoms with Gasteiger partial charge in [0.05, 0.1) is 17.6 Å². The highest BCUT2D eigenvalue weighted by Gasteiger charge is 2.30. The molecule has 0 bridgehead atoms. The summed E-state index contributed by atoms with van der Waals surface area (Å²) in [6.45, 7) is 9.08. The summed E-state index contributed by atoms with van der Waals surface area (Å²) in [6, 6.07) is 0. The molecule has 0 atom stereocenters. The van der Waals surface area contributed by atoms with Crippen LogP contribution in [0.5, 0.6) is 0 Å². The van der Waals surface area contributed by atoms with E-state index in [4.69, 9.17) is 10.5 Å². The van der Waals surface area contributed by atoms with Gasteiger partial charge in [0, 0.05) is 26.0 Å². The van der Waals surface area contributed by atoms with Crippen LogP contribution in [-0.2, 0) is 16.8 Å². The fourth-order valence-corrected chi connectivity index (χ4v) is 2.42. The summed E-state index contributed by atoms with van der Waals surface area (Å²) in [4.78, 5) is 4.24. The summed E-state index contributed by atoms with van der Waals surface area (Å²) in [5, 5.41) is 0. The van der Waals surface area contributed by atoms with Crippen LogP contribution in [0.1, 0.15) is 39.3 Å². The van der Waals surface area contributed by atoms with E-state index in [1.54, 1.807) is 0 Å². The van der Waals surface area contributed by atoms with Crippen LogP contribution in [0.2, 0.25) is 0 Å². The molecule has 17 heavy (non-hydrogen) atoms. The van der Waals surface area contributed by atoms with E-state index in [2.05, 4.69) is 16.5 Å². The summed E-state index contributed by atoms with van der Waals surface area (Å²) in [5.74, 6) is 0. The van der Waals surface area contributed by atoms with Crippen molar-refractivity contribution in [3.05, 3.63) is 18.2 Å². The molecule has 2 N–H and O–H groups in total. The first kappa shape index (κ1) is 12.6. The van der Waals surface area contributed by atoms with Crippen molar-refractivity contribution in [3.8, 4) is 0 Å². The fourth-order valence-electron chi connectivity index (χ4n) is 2.42. The number of nitrogens with two attached hydrogens (primary N) is 1. The number of nitrogens with zero attached hydrogens (tertiary/aromatic N) is 2. The van der Waals surface area contributed by atoms with Gasteiger partial charge in [-0.2, -0.15) is 0 Å². The van der Waals surface area contributed by atoms with Crippen molar-refractivity contribution >= 4 is 0 Å². The molecule has 1 aliphatic rings. The lowest BCUT2D eigenvalue weighted by Crippen LogP contribution is -2.35. The fraction of sp³-hybridized carbons (Fsp3) is 0.769. The molecule has 2 heterocycles. The number of rotatable bonds is 3. The zero-order valence-corrected chi connectivity index (χ0v) is 11.1. The van der Waals surface area contributed by atoms with E-state index in [0.29, 0.717) is 5.41 Å². The predicted molar refractivity (Wildman–Crippen MR) is 67.6 cm³/mol. The Morgan fingerprint density at radius 3 is 2.71 bits per heavy atom. The standard InChI is InChI=1S/C13H23N3O/c1-12(2,14)11-8-15-10-16(11)9-13(3)4-6-17-7-5-13/h8,10H,4-7,9,14H2,1-3H3. The molecule has 0 radical (unpaired) electrons. The average Bonchev–Trinajstić information content (AvgIpc) is 2.65. The summed E-state index contributed by atoms with van der Waals surface area (Å²) in [7, 11) is 0. The topological polar surface area (TPSA) is 53.1 Å². The van der Waals surface area contributed by atoms with Crippen molar-refractivity contribution in [2.45, 2.75) is 45.7 Å². The van der Waals surface area contributed by atoms with E-state index in [9.17, 15) is 0 Å². The Balaban J connectivity index is 2.16. The van der Waals surface area contributed by atoms with Crippen LogP contribution in [0.25, 0.3) is 0 Å². The number of aromatic nitrogens is 2. The number of hydrogen-bond acceptors (Lipinski definition) is 3. The van der Waals surface area contributed by atoms with E-state index < -0.39 is 0 Å². The van der Waals surface area contributed by atoms with Gasteiger partial charge in [0.15, 0.2) is 0 Å². The summed E-state index contributed by atoms with van der Waals surface area (Å²) in [6.07, 6.45) is 5.98. The largest absolute Gasteiger partial charge is 0.381 e. The molecule has 1 aliphatic heterocycles. The van der Waals surface area contributed by atoms with Gasteiger partial charge in [0.1, 0.15) is 0 Å². The van der Waals surface area contributed by atoms with Crippen LogP contribution in [0.4, 0.5) is 0 Å². The van der Waals surface area contributed by atoms with Gasteiger partial charge in [-0.3, -0.25) is 0 Å². The first-order valence-corrected chi connectivity index (χ1v) is 6.28. The molecular formula is C13H23N3O. The molecule has 2 rings (SSSR count). The highest BCUT2D eigenvalue weighted by atomic mass is 16.5. The Morgan fingerprint density at radius 1 is 1.47 bits per heavy atom. The Kier molecular flexibility index (Phi) is 3.27. The van der Waals surface area contributed by atoms with Gasteiger partial charge in [-0.1, -0.05) is 6.92 Å². The second-order valence-corrected chi connectivity index (χ2v) is 6.05. The van der Waals surface area contributed by atoms with E-state index in [0.717, 1.165) is 38.3 Å². The van der Waals surface area contributed by atoms with Gasteiger partial charge >= 0.3 is 0 Å². The molecule has 1 saturated heterocycles. The zero-order valence-electron chi connectivity index (χ0n) is 11.1. The Bertz CT molecular complexity index is 372. The Labute approximate surface area is 103 Å². The van der Waals surface area contributed by atoms with Crippen LogP contribution >= 0.6 is 0 Å². The van der Waals surface area contributed by atoms with Gasteiger partial charge in [-0.05, 0) is 32.1 Å². The zero-order chi connectivity index (χ0) is 12.5. The lowest BCUT2D eigenvalue weighted by atomic mass is 9.82. The SMILES string of the molecule is CC1(Cn2cncc2C(C)(C)N)CCOCC1. The van der Waals surface area contributed by atoms with Gasteiger partial charge in [-0.25, -0.2) is 4.98 Å². The second kappa shape index (κ2) is 4.42. The molecule has 1 aromatic heterocycles. The van der Waals surface area contributed by atoms with Crippen molar-refractivity contribution in [2.24, 2.45) is 11.1 Å². The van der Waals surface area contributed by atoms with E-state index >= 15 is 0 Å². The normalized spacial score (nSPS) is 20.5. The van der Waals surface area contributed by atoms with Crippen molar-refractivity contribution in [3.63, 3.8) is 0 Å². The van der Waals surface area contributed by atoms with Crippen LogP contribution in [0.15, 0.2) is 12.5 Å². The van der Waals surface area contributed by atoms with E-state index in [1.807, 2.05) is 26.4 Å². The minimum Gasteiger partial charge on any atom is -0.381 e. The Morgan fingerprint density at radius 2 is 2.12 bits per heavy atom. The maximum atomic E-state index is 6.16. The third-order valence-corrected chi connectivity index (χ3v) is 3.62. The van der Waals surface area contributed by atoms with Gasteiger partial charge < -0.3 is 15.0 Å². The van der Waals surface area contributed by atoms with Crippen LogP contribution in [0, 0.1) is 5.41 Å². The molecule has 4 nitrogen and oxygen atoms in total. The first-order valence-electron chi connectivity index (χ1n) is 6.28. The number of hydrogen-bond donors (Lipinski definition) is 1. The highest BCUT2D eigenvalue weighted by molar-refractivity contribution is 5.10. The monoisotopic (exact) mass is 237 g/mol. The quantitative estimate of drug-likeness (QED) is 0.873. The lowest BCUT2D eigenvalue weighted by Gasteiger charge is -2.35. The smallest absolute Gasteiger partial charge is 0.0948 e. The van der Waals surface area contributed by atoms with Gasteiger partial charge in [-0.15, -0.1) is 0 Å². The van der Waals surface area contributed by atoms with Crippen molar-refractivity contribution in [1.29, 1.82) is 0 Å². The number of imidazole rings is 1. The molecule has 0 unspecified atom stereocenters. The van der Waals surface area contributed by atoms with Crippen molar-refractivity contribution in [2.75, 3.05) is 13.2 Å². The molecule has 0 aliphatic carbocycles. The molecule has 96 valence electrons. The van der Waals surface area contributed by atoms with Gasteiger partial charge in [0.25, 0.3) is 0 Å². The molecule has 0 saturated carbocycles. The van der Waals surface area contributed by atoms with E-state index in [1.165, 1.54) is 0 Å². The molecule has 1 fully saturated rings. The number of ether oxygens (including phenoxy) is 1. The molecule has 0 spiro atoms. The van der Waals surface area contributed by atoms with Crippen molar-refractivity contribution < 1.29 is 4.74 Å². The average molecular weight is 237 g/mol. The molecule has 0 amide bonds. The molecular weight excluding hydrogens is 214 g/mol. The van der Waals surface area contributed by atoms with Crippen LogP contribution in [-0.4, -0.2) is 22.8 Å². The minimum atomic E-state index is -0.335. The van der Waals surface area contributed by atoms with Crippen LogP contribution in [0.3, 0.4) is 0 Å². The van der Waals surface area contributed by atoms with Gasteiger partial charge in [0.2, 0.25) is 0 Å². The second-order valence-electron chi connectivity index (χ2n) is 6.05. The van der Waals surface area contributed by atoms with E-state index in [-0.39, 0.29) is 5.54 Å². The molecule has 4 heteroatoms. The highest BCUT2D eigenvalue weighted by Crippen LogP contribution is 2.32. The third kappa shape index (κ3) is 2.87. The predicted octanol–water partition coefficient (Wildman–Crippen LogP) is 1.89. The minimum absolute atomic E-state index is 0.305. The maximum absolute atomic E-state index is 6.16. The summed E-state index contributed by atoms with van der Waals surface area (Å²) in [5.41, 5.74) is 7.24. The van der Waals surface area contributed by atoms with Crippen molar-refractivity contribution in [1.82, 2.24) is 9.55 Å². The lowest BCUT2D eigenvalue weighted by molar-refractivity contribution is 0.0148. The molecule has 0 aromatic carbocycles.